The third-order valence-corrected chi connectivity index (χ3v) is 3.32. The van der Waals surface area contributed by atoms with E-state index in [0.717, 1.165) is 23.7 Å². The Bertz CT molecular complexity index is 326. The van der Waals surface area contributed by atoms with Crippen molar-refractivity contribution in [2.45, 2.75) is 20.5 Å². The molecule has 0 saturated carbocycles. The van der Waals surface area contributed by atoms with Crippen molar-refractivity contribution in [1.82, 2.24) is 0 Å². The summed E-state index contributed by atoms with van der Waals surface area (Å²) in [4.78, 5) is 0. The smallest absolute Gasteiger partial charge is 0.119 e. The second kappa shape index (κ2) is 7.62. The van der Waals surface area contributed by atoms with Gasteiger partial charge in [-0.3, -0.25) is 0 Å². The third kappa shape index (κ3) is 5.00. The molecular formula is C14H22O2S. The molecular weight excluding hydrogens is 232 g/mol. The van der Waals surface area contributed by atoms with E-state index in [1.165, 1.54) is 0 Å². The second-order valence-corrected chi connectivity index (χ2v) is 4.94. The Labute approximate surface area is 110 Å². The van der Waals surface area contributed by atoms with E-state index < -0.39 is 0 Å². The maximum Gasteiger partial charge on any atom is 0.119 e. The van der Waals surface area contributed by atoms with Crippen LogP contribution in [0.15, 0.2) is 24.3 Å². The van der Waals surface area contributed by atoms with Crippen LogP contribution in [0.3, 0.4) is 0 Å². The van der Waals surface area contributed by atoms with Gasteiger partial charge in [-0.05, 0) is 29.4 Å². The first-order valence-electron chi connectivity index (χ1n) is 5.99. The molecule has 1 rings (SSSR count). The SMILES string of the molecule is COCc1cccc(OCC(CS)C(C)C)c1. The maximum absolute atomic E-state index is 5.80. The Morgan fingerprint density at radius 1 is 1.29 bits per heavy atom. The van der Waals surface area contributed by atoms with E-state index in [1.807, 2.05) is 24.3 Å². The van der Waals surface area contributed by atoms with Crippen molar-refractivity contribution in [1.29, 1.82) is 0 Å². The molecule has 1 aromatic rings. The largest absolute Gasteiger partial charge is 0.493 e. The lowest BCUT2D eigenvalue weighted by atomic mass is 9.99. The Kier molecular flexibility index (Phi) is 6.45. The molecule has 3 heteroatoms. The van der Waals surface area contributed by atoms with Gasteiger partial charge < -0.3 is 9.47 Å². The predicted octanol–water partition coefficient (Wildman–Crippen LogP) is 3.41. The van der Waals surface area contributed by atoms with E-state index >= 15 is 0 Å². The monoisotopic (exact) mass is 254 g/mol. The highest BCUT2D eigenvalue weighted by Gasteiger charge is 2.12. The van der Waals surface area contributed by atoms with Crippen molar-refractivity contribution in [2.75, 3.05) is 19.5 Å². The molecule has 2 nitrogen and oxygen atoms in total. The van der Waals surface area contributed by atoms with Crippen LogP contribution in [0.2, 0.25) is 0 Å². The zero-order valence-corrected chi connectivity index (χ0v) is 11.7. The molecule has 0 aliphatic heterocycles. The third-order valence-electron chi connectivity index (χ3n) is 2.85. The molecule has 0 aromatic heterocycles. The molecule has 0 spiro atoms. The lowest BCUT2D eigenvalue weighted by Crippen LogP contribution is -2.19. The number of thiol groups is 1. The van der Waals surface area contributed by atoms with E-state index in [2.05, 4.69) is 26.5 Å². The first-order chi connectivity index (χ1) is 8.17. The second-order valence-electron chi connectivity index (χ2n) is 4.58. The highest BCUT2D eigenvalue weighted by molar-refractivity contribution is 7.80. The molecule has 0 N–H and O–H groups in total. The number of hydrogen-bond donors (Lipinski definition) is 1. The lowest BCUT2D eigenvalue weighted by Gasteiger charge is -2.19. The molecule has 0 bridgehead atoms. The highest BCUT2D eigenvalue weighted by atomic mass is 32.1. The minimum absolute atomic E-state index is 0.490. The van der Waals surface area contributed by atoms with Crippen molar-refractivity contribution >= 4 is 12.6 Å². The van der Waals surface area contributed by atoms with Crippen molar-refractivity contribution in [3.8, 4) is 5.75 Å². The molecule has 0 fully saturated rings. The van der Waals surface area contributed by atoms with Crippen molar-refractivity contribution in [3.05, 3.63) is 29.8 Å². The van der Waals surface area contributed by atoms with Crippen LogP contribution in [-0.4, -0.2) is 19.5 Å². The molecule has 0 aliphatic carbocycles. The molecule has 0 saturated heterocycles. The summed E-state index contributed by atoms with van der Waals surface area (Å²) in [6.07, 6.45) is 0. The molecule has 0 aliphatic rings. The van der Waals surface area contributed by atoms with Crippen LogP contribution in [0.1, 0.15) is 19.4 Å². The van der Waals surface area contributed by atoms with Gasteiger partial charge >= 0.3 is 0 Å². The zero-order chi connectivity index (χ0) is 12.7. The van der Waals surface area contributed by atoms with Gasteiger partial charge in [0.2, 0.25) is 0 Å². The van der Waals surface area contributed by atoms with Crippen LogP contribution in [0.5, 0.6) is 5.75 Å². The number of ether oxygens (including phenoxy) is 2. The van der Waals surface area contributed by atoms with Gasteiger partial charge in [0.25, 0.3) is 0 Å². The molecule has 0 amide bonds. The van der Waals surface area contributed by atoms with Gasteiger partial charge in [-0.25, -0.2) is 0 Å². The summed E-state index contributed by atoms with van der Waals surface area (Å²) in [7, 11) is 1.70. The van der Waals surface area contributed by atoms with E-state index in [4.69, 9.17) is 9.47 Å². The minimum atomic E-state index is 0.490. The first-order valence-corrected chi connectivity index (χ1v) is 6.62. The van der Waals surface area contributed by atoms with Gasteiger partial charge in [-0.1, -0.05) is 26.0 Å². The summed E-state index contributed by atoms with van der Waals surface area (Å²) < 4.78 is 10.9. The number of hydrogen-bond acceptors (Lipinski definition) is 3. The predicted molar refractivity (Wildman–Crippen MR) is 74.8 cm³/mol. The van der Waals surface area contributed by atoms with Gasteiger partial charge in [-0.15, -0.1) is 0 Å². The topological polar surface area (TPSA) is 18.5 Å². The summed E-state index contributed by atoms with van der Waals surface area (Å²) in [6, 6.07) is 8.04. The fourth-order valence-electron chi connectivity index (χ4n) is 1.55. The van der Waals surface area contributed by atoms with Crippen LogP contribution in [-0.2, 0) is 11.3 Å². The van der Waals surface area contributed by atoms with E-state index in [-0.39, 0.29) is 0 Å². The van der Waals surface area contributed by atoms with Crippen LogP contribution in [0, 0.1) is 11.8 Å². The molecule has 1 unspecified atom stereocenters. The molecule has 1 atom stereocenters. The van der Waals surface area contributed by atoms with Crippen LogP contribution < -0.4 is 4.74 Å². The van der Waals surface area contributed by atoms with Crippen molar-refractivity contribution in [3.63, 3.8) is 0 Å². The van der Waals surface area contributed by atoms with Gasteiger partial charge in [0.05, 0.1) is 13.2 Å². The van der Waals surface area contributed by atoms with Gasteiger partial charge in [-0.2, -0.15) is 12.6 Å². The van der Waals surface area contributed by atoms with E-state index in [0.29, 0.717) is 18.4 Å². The number of methoxy groups -OCH3 is 1. The minimum Gasteiger partial charge on any atom is -0.493 e. The lowest BCUT2D eigenvalue weighted by molar-refractivity contribution is 0.184. The van der Waals surface area contributed by atoms with Gasteiger partial charge in [0, 0.05) is 13.0 Å². The zero-order valence-electron chi connectivity index (χ0n) is 10.8. The summed E-state index contributed by atoms with van der Waals surface area (Å²) in [5, 5.41) is 0. The Morgan fingerprint density at radius 2 is 2.06 bits per heavy atom. The Balaban J connectivity index is 2.53. The number of rotatable bonds is 7. The normalized spacial score (nSPS) is 12.8. The molecule has 96 valence electrons. The summed E-state index contributed by atoms with van der Waals surface area (Å²) in [6.45, 7) is 5.74. The summed E-state index contributed by atoms with van der Waals surface area (Å²) >= 11 is 4.36. The number of benzene rings is 1. The van der Waals surface area contributed by atoms with Gasteiger partial charge in [0.15, 0.2) is 0 Å². The Morgan fingerprint density at radius 3 is 2.65 bits per heavy atom. The van der Waals surface area contributed by atoms with Crippen molar-refractivity contribution in [2.24, 2.45) is 11.8 Å². The maximum atomic E-state index is 5.80. The fourth-order valence-corrected chi connectivity index (χ4v) is 2.08. The summed E-state index contributed by atoms with van der Waals surface area (Å²) in [5.41, 5.74) is 1.14. The Hall–Kier alpha value is -0.670. The molecule has 0 radical (unpaired) electrons. The average molecular weight is 254 g/mol. The van der Waals surface area contributed by atoms with E-state index in [1.54, 1.807) is 7.11 Å². The molecule has 1 aromatic carbocycles. The quantitative estimate of drug-likeness (QED) is 0.752. The van der Waals surface area contributed by atoms with Gasteiger partial charge in [0.1, 0.15) is 5.75 Å². The standard InChI is InChI=1S/C14H22O2S/c1-11(2)13(10-17)9-16-14-6-4-5-12(7-14)8-15-3/h4-7,11,13,17H,8-10H2,1-3H3. The molecule has 0 heterocycles. The fraction of sp³-hybridized carbons (Fsp3) is 0.571. The van der Waals surface area contributed by atoms with Crippen LogP contribution >= 0.6 is 12.6 Å². The molecule has 17 heavy (non-hydrogen) atoms. The van der Waals surface area contributed by atoms with Crippen LogP contribution in [0.25, 0.3) is 0 Å². The van der Waals surface area contributed by atoms with Crippen molar-refractivity contribution < 1.29 is 9.47 Å². The summed E-state index contributed by atoms with van der Waals surface area (Å²) in [5.74, 6) is 2.85. The highest BCUT2D eigenvalue weighted by Crippen LogP contribution is 2.18. The first kappa shape index (κ1) is 14.4. The average Bonchev–Trinajstić information content (AvgIpc) is 2.30. The van der Waals surface area contributed by atoms with E-state index in [9.17, 15) is 0 Å². The van der Waals surface area contributed by atoms with Crippen LogP contribution in [0.4, 0.5) is 0 Å².